The van der Waals surface area contributed by atoms with Crippen molar-refractivity contribution in [2.75, 3.05) is 11.9 Å². The van der Waals surface area contributed by atoms with E-state index < -0.39 is 11.9 Å². The van der Waals surface area contributed by atoms with Crippen molar-refractivity contribution < 1.29 is 19.5 Å². The third-order valence-corrected chi connectivity index (χ3v) is 5.32. The molecule has 9 heteroatoms. The topological polar surface area (TPSA) is 163 Å². The Morgan fingerprint density at radius 3 is 2.58 bits per heavy atom. The highest BCUT2D eigenvalue weighted by Crippen LogP contribution is 2.24. The summed E-state index contributed by atoms with van der Waals surface area (Å²) in [5, 5.41) is 20.2. The first-order valence-corrected chi connectivity index (χ1v) is 9.84. The molecule has 7 N–H and O–H groups in total. The number of primary amides is 1. The lowest BCUT2D eigenvalue weighted by Crippen LogP contribution is -2.43. The van der Waals surface area contributed by atoms with Gasteiger partial charge in [0, 0.05) is 28.9 Å². The molecule has 1 aliphatic rings. The Morgan fingerprint density at radius 2 is 1.94 bits per heavy atom. The van der Waals surface area contributed by atoms with Crippen LogP contribution in [0.25, 0.3) is 0 Å². The molecule has 1 heterocycles. The fourth-order valence-electron chi connectivity index (χ4n) is 3.71. The molecule has 1 aliphatic heterocycles. The second-order valence-electron chi connectivity index (χ2n) is 7.57. The first-order chi connectivity index (χ1) is 14.7. The van der Waals surface area contributed by atoms with Gasteiger partial charge < -0.3 is 26.8 Å². The smallest absolute Gasteiger partial charge is 0.254 e. The molecule has 162 valence electrons. The third kappa shape index (κ3) is 4.82. The highest BCUT2D eigenvalue weighted by Gasteiger charge is 2.33. The monoisotopic (exact) mass is 423 g/mol. The van der Waals surface area contributed by atoms with Gasteiger partial charge in [-0.25, -0.2) is 0 Å². The van der Waals surface area contributed by atoms with Crippen molar-refractivity contribution in [2.24, 2.45) is 11.5 Å². The molecule has 2 aromatic rings. The van der Waals surface area contributed by atoms with E-state index in [1.54, 1.807) is 25.1 Å². The van der Waals surface area contributed by atoms with E-state index in [2.05, 4.69) is 5.32 Å². The minimum Gasteiger partial charge on any atom is -0.508 e. The number of nitrogens with one attached hydrogen (secondary N) is 2. The van der Waals surface area contributed by atoms with Crippen LogP contribution in [0.2, 0.25) is 0 Å². The zero-order valence-electron chi connectivity index (χ0n) is 17.1. The molecule has 0 aromatic heterocycles. The number of rotatable bonds is 6. The van der Waals surface area contributed by atoms with Gasteiger partial charge in [-0.05, 0) is 61.7 Å². The predicted octanol–water partition coefficient (Wildman–Crippen LogP) is 1.26. The van der Waals surface area contributed by atoms with E-state index in [0.717, 1.165) is 6.42 Å². The van der Waals surface area contributed by atoms with Crippen LogP contribution in [0.15, 0.2) is 36.4 Å². The van der Waals surface area contributed by atoms with Gasteiger partial charge >= 0.3 is 0 Å². The number of likely N-dealkylation sites (tertiary alicyclic amines) is 1. The van der Waals surface area contributed by atoms with E-state index in [0.29, 0.717) is 40.9 Å². The van der Waals surface area contributed by atoms with E-state index in [1.807, 2.05) is 0 Å². The highest BCUT2D eigenvalue weighted by atomic mass is 16.3. The van der Waals surface area contributed by atoms with Gasteiger partial charge in [0.2, 0.25) is 11.8 Å². The lowest BCUT2D eigenvalue weighted by atomic mass is 10.0. The summed E-state index contributed by atoms with van der Waals surface area (Å²) in [5.41, 5.74) is 13.2. The molecule has 3 rings (SSSR count). The van der Waals surface area contributed by atoms with Crippen LogP contribution in [0.4, 0.5) is 5.69 Å². The molecule has 1 saturated heterocycles. The van der Waals surface area contributed by atoms with Crippen LogP contribution >= 0.6 is 0 Å². The molecule has 1 fully saturated rings. The van der Waals surface area contributed by atoms with Gasteiger partial charge in [-0.1, -0.05) is 0 Å². The largest absolute Gasteiger partial charge is 0.508 e. The molecule has 0 aliphatic carbocycles. The van der Waals surface area contributed by atoms with E-state index >= 15 is 0 Å². The average Bonchev–Trinajstić information content (AvgIpc) is 3.19. The van der Waals surface area contributed by atoms with Crippen molar-refractivity contribution in [1.29, 1.82) is 5.41 Å². The van der Waals surface area contributed by atoms with E-state index in [4.69, 9.17) is 16.9 Å². The number of anilines is 1. The predicted molar refractivity (Wildman–Crippen MR) is 116 cm³/mol. The molecule has 1 unspecified atom stereocenters. The van der Waals surface area contributed by atoms with Gasteiger partial charge in [0.1, 0.15) is 17.6 Å². The minimum atomic E-state index is -0.593. The van der Waals surface area contributed by atoms with Crippen molar-refractivity contribution in [1.82, 2.24) is 4.90 Å². The van der Waals surface area contributed by atoms with Gasteiger partial charge in [-0.2, -0.15) is 0 Å². The number of nitrogen functional groups attached to an aromatic ring is 1. The lowest BCUT2D eigenvalue weighted by molar-refractivity contribution is -0.121. The summed E-state index contributed by atoms with van der Waals surface area (Å²) < 4.78 is 0. The number of nitrogens with two attached hydrogens (primary N) is 2. The number of amides is 3. The second kappa shape index (κ2) is 8.86. The fourth-order valence-corrected chi connectivity index (χ4v) is 3.71. The summed E-state index contributed by atoms with van der Waals surface area (Å²) >= 11 is 0. The summed E-state index contributed by atoms with van der Waals surface area (Å²) in [7, 11) is 0. The summed E-state index contributed by atoms with van der Waals surface area (Å²) in [6.07, 6.45) is 1.18. The van der Waals surface area contributed by atoms with Crippen LogP contribution in [0.5, 0.6) is 5.75 Å². The van der Waals surface area contributed by atoms with Crippen LogP contribution in [-0.4, -0.2) is 46.2 Å². The number of carbonyl (C=O) groups is 3. The highest BCUT2D eigenvalue weighted by molar-refractivity contribution is 6.00. The van der Waals surface area contributed by atoms with E-state index in [-0.39, 0.29) is 29.8 Å². The number of phenolic OH excluding ortho intramolecular Hbond substituents is 1. The summed E-state index contributed by atoms with van der Waals surface area (Å²) in [5.74, 6) is -1.36. The number of phenols is 1. The molecular formula is C22H25N5O4. The molecule has 0 bridgehead atoms. The van der Waals surface area contributed by atoms with Crippen molar-refractivity contribution >= 4 is 29.2 Å². The summed E-state index contributed by atoms with van der Waals surface area (Å²) in [4.78, 5) is 38.4. The summed E-state index contributed by atoms with van der Waals surface area (Å²) in [6, 6.07) is 8.69. The van der Waals surface area contributed by atoms with Crippen LogP contribution in [0.3, 0.4) is 0 Å². The Morgan fingerprint density at radius 1 is 1.19 bits per heavy atom. The van der Waals surface area contributed by atoms with Crippen molar-refractivity contribution in [3.05, 3.63) is 58.7 Å². The number of nitrogens with zero attached hydrogens (tertiary/aromatic N) is 1. The Kier molecular flexibility index (Phi) is 6.24. The molecule has 0 spiro atoms. The zero-order chi connectivity index (χ0) is 22.7. The fraction of sp³-hybridized carbons (Fsp3) is 0.273. The Balaban J connectivity index is 1.71. The van der Waals surface area contributed by atoms with Crippen LogP contribution in [0, 0.1) is 12.3 Å². The number of amidine groups is 1. The third-order valence-electron chi connectivity index (χ3n) is 5.32. The minimum absolute atomic E-state index is 0.0631. The van der Waals surface area contributed by atoms with Crippen LogP contribution < -0.4 is 16.8 Å². The van der Waals surface area contributed by atoms with Crippen molar-refractivity contribution in [2.45, 2.75) is 32.2 Å². The van der Waals surface area contributed by atoms with Gasteiger partial charge in [-0.3, -0.25) is 19.8 Å². The normalized spacial score (nSPS) is 15.5. The van der Waals surface area contributed by atoms with Crippen LogP contribution in [0.1, 0.15) is 39.9 Å². The van der Waals surface area contributed by atoms with Crippen molar-refractivity contribution in [3.63, 3.8) is 0 Å². The maximum Gasteiger partial charge on any atom is 0.254 e. The maximum absolute atomic E-state index is 12.9. The number of hydrogen-bond acceptors (Lipinski definition) is 5. The Hall–Kier alpha value is -3.88. The molecule has 0 saturated carbocycles. The SMILES string of the molecule is Cc1cc(NC(=O)Cc2cc(C(=N)N)ccc2O)ccc1C(=O)N1CCCC1C(N)=O. The number of carbonyl (C=O) groups excluding carboxylic acids is 3. The van der Waals surface area contributed by atoms with E-state index in [1.165, 1.54) is 23.1 Å². The van der Waals surface area contributed by atoms with Gasteiger partial charge in [0.05, 0.1) is 6.42 Å². The molecule has 31 heavy (non-hydrogen) atoms. The van der Waals surface area contributed by atoms with Gasteiger partial charge in [0.25, 0.3) is 5.91 Å². The van der Waals surface area contributed by atoms with Gasteiger partial charge in [0.15, 0.2) is 0 Å². The van der Waals surface area contributed by atoms with Gasteiger partial charge in [-0.15, -0.1) is 0 Å². The first kappa shape index (κ1) is 21.8. The Bertz CT molecular complexity index is 1070. The van der Waals surface area contributed by atoms with Crippen LogP contribution in [-0.2, 0) is 16.0 Å². The second-order valence-corrected chi connectivity index (χ2v) is 7.57. The number of aromatic hydroxyl groups is 1. The molecular weight excluding hydrogens is 398 g/mol. The number of benzene rings is 2. The molecule has 3 amide bonds. The average molecular weight is 423 g/mol. The van der Waals surface area contributed by atoms with E-state index in [9.17, 15) is 19.5 Å². The number of hydrogen-bond donors (Lipinski definition) is 5. The Labute approximate surface area is 179 Å². The lowest BCUT2D eigenvalue weighted by Gasteiger charge is -2.23. The molecule has 1 atom stereocenters. The first-order valence-electron chi connectivity index (χ1n) is 9.84. The standard InChI is InChI=1S/C22H25N5O4/c1-12-9-15(5-6-16(12)22(31)27-8-2-3-17(27)21(25)30)26-19(29)11-14-10-13(20(23)24)4-7-18(14)28/h4-7,9-10,17,28H,2-3,8,11H2,1H3,(H3,23,24)(H2,25,30)(H,26,29). The van der Waals surface area contributed by atoms with Crippen molar-refractivity contribution in [3.8, 4) is 5.75 Å². The summed E-state index contributed by atoms with van der Waals surface area (Å²) in [6.45, 7) is 2.23. The number of aryl methyl sites for hydroxylation is 1. The quantitative estimate of drug-likeness (QED) is 0.348. The molecule has 9 nitrogen and oxygen atoms in total. The maximum atomic E-state index is 12.9. The zero-order valence-corrected chi connectivity index (χ0v) is 17.1. The molecule has 0 radical (unpaired) electrons. The molecule has 2 aromatic carbocycles.